The second-order valence-electron chi connectivity index (χ2n) is 4.66. The van der Waals surface area contributed by atoms with Crippen molar-refractivity contribution in [3.8, 4) is 10.8 Å². The number of nitrogens with one attached hydrogen (secondary N) is 1. The Morgan fingerprint density at radius 2 is 2.27 bits per heavy atom. The van der Waals surface area contributed by atoms with E-state index in [1.165, 1.54) is 11.3 Å². The third kappa shape index (κ3) is 3.58. The molecular weight excluding hydrogens is 340 g/mol. The lowest BCUT2D eigenvalue weighted by atomic mass is 10.2. The molecule has 0 fully saturated rings. The molecule has 3 rings (SSSR count). The second-order valence-corrected chi connectivity index (χ2v) is 7.41. The first-order valence-electron chi connectivity index (χ1n) is 6.63. The molecule has 3 heterocycles. The molecule has 0 aromatic carbocycles. The van der Waals surface area contributed by atoms with E-state index in [2.05, 4.69) is 10.3 Å². The van der Waals surface area contributed by atoms with Crippen LogP contribution in [0.25, 0.3) is 10.8 Å². The third-order valence-corrected chi connectivity index (χ3v) is 5.13. The molecule has 0 aliphatic rings. The molecule has 114 valence electrons. The van der Waals surface area contributed by atoms with E-state index in [0.717, 1.165) is 14.1 Å². The van der Waals surface area contributed by atoms with Crippen LogP contribution in [-0.2, 0) is 17.8 Å². The highest BCUT2D eigenvalue weighted by Crippen LogP contribution is 2.26. The maximum atomic E-state index is 12.0. The van der Waals surface area contributed by atoms with Crippen molar-refractivity contribution in [3.05, 3.63) is 50.3 Å². The Bertz CT molecular complexity index is 777. The van der Waals surface area contributed by atoms with Gasteiger partial charge in [0.2, 0.25) is 11.8 Å². The van der Waals surface area contributed by atoms with Crippen LogP contribution in [0.2, 0.25) is 4.34 Å². The predicted octanol–water partition coefficient (Wildman–Crippen LogP) is 4.29. The van der Waals surface area contributed by atoms with Crippen LogP contribution in [-0.4, -0.2) is 10.9 Å². The Labute approximate surface area is 140 Å². The van der Waals surface area contributed by atoms with Crippen molar-refractivity contribution in [1.29, 1.82) is 0 Å². The summed E-state index contributed by atoms with van der Waals surface area (Å²) < 4.78 is 6.35. The van der Waals surface area contributed by atoms with Crippen molar-refractivity contribution in [1.82, 2.24) is 10.3 Å². The summed E-state index contributed by atoms with van der Waals surface area (Å²) in [6.45, 7) is 2.30. The highest BCUT2D eigenvalue weighted by molar-refractivity contribution is 7.16. The smallest absolute Gasteiger partial charge is 0.236 e. The van der Waals surface area contributed by atoms with E-state index in [-0.39, 0.29) is 12.3 Å². The van der Waals surface area contributed by atoms with Gasteiger partial charge in [0.05, 0.1) is 27.9 Å². The number of aryl methyl sites for hydroxylation is 1. The normalized spacial score (nSPS) is 10.8. The van der Waals surface area contributed by atoms with Gasteiger partial charge < -0.3 is 9.73 Å². The van der Waals surface area contributed by atoms with Gasteiger partial charge in [0, 0.05) is 4.88 Å². The van der Waals surface area contributed by atoms with E-state index in [1.807, 2.05) is 36.6 Å². The number of halogens is 1. The fourth-order valence-electron chi connectivity index (χ4n) is 1.94. The molecule has 0 unspecified atom stereocenters. The Hall–Kier alpha value is -1.63. The molecule has 0 radical (unpaired) electrons. The first-order chi connectivity index (χ1) is 10.6. The van der Waals surface area contributed by atoms with Gasteiger partial charge in [-0.2, -0.15) is 0 Å². The van der Waals surface area contributed by atoms with E-state index < -0.39 is 0 Å². The van der Waals surface area contributed by atoms with Crippen LogP contribution in [0.15, 0.2) is 34.1 Å². The van der Waals surface area contributed by atoms with Crippen molar-refractivity contribution in [3.63, 3.8) is 0 Å². The molecule has 0 aliphatic carbocycles. The maximum absolute atomic E-state index is 12.0. The lowest BCUT2D eigenvalue weighted by molar-refractivity contribution is -0.120. The number of carbonyl (C=O) groups is 1. The quantitative estimate of drug-likeness (QED) is 0.745. The fourth-order valence-corrected chi connectivity index (χ4v) is 3.62. The number of aromatic nitrogens is 1. The van der Waals surface area contributed by atoms with Crippen molar-refractivity contribution in [2.75, 3.05) is 0 Å². The monoisotopic (exact) mass is 352 g/mol. The lowest BCUT2D eigenvalue weighted by Crippen LogP contribution is -2.24. The highest BCUT2D eigenvalue weighted by Gasteiger charge is 2.15. The number of thiophene rings is 2. The van der Waals surface area contributed by atoms with Gasteiger partial charge in [-0.25, -0.2) is 4.98 Å². The molecule has 1 N–H and O–H groups in total. The Morgan fingerprint density at radius 1 is 1.41 bits per heavy atom. The number of oxazole rings is 1. The highest BCUT2D eigenvalue weighted by atomic mass is 35.5. The zero-order valence-electron chi connectivity index (χ0n) is 11.8. The van der Waals surface area contributed by atoms with Crippen LogP contribution in [0.4, 0.5) is 0 Å². The topological polar surface area (TPSA) is 55.1 Å². The Balaban J connectivity index is 1.61. The molecule has 0 saturated carbocycles. The second kappa shape index (κ2) is 6.64. The molecular formula is C15H13ClN2O2S2. The van der Waals surface area contributed by atoms with Gasteiger partial charge in [0.15, 0.2) is 0 Å². The first-order valence-corrected chi connectivity index (χ1v) is 8.70. The lowest BCUT2D eigenvalue weighted by Gasteiger charge is -2.01. The van der Waals surface area contributed by atoms with Gasteiger partial charge in [-0.05, 0) is 30.5 Å². The summed E-state index contributed by atoms with van der Waals surface area (Å²) in [5.74, 6) is 1.16. The van der Waals surface area contributed by atoms with Crippen molar-refractivity contribution in [2.24, 2.45) is 0 Å². The van der Waals surface area contributed by atoms with Crippen molar-refractivity contribution < 1.29 is 9.21 Å². The van der Waals surface area contributed by atoms with Crippen LogP contribution in [0.1, 0.15) is 16.3 Å². The van der Waals surface area contributed by atoms with Crippen molar-refractivity contribution in [2.45, 2.75) is 19.9 Å². The van der Waals surface area contributed by atoms with E-state index in [0.29, 0.717) is 23.9 Å². The average Bonchev–Trinajstić information content (AvgIpc) is 3.19. The molecule has 0 aliphatic heterocycles. The summed E-state index contributed by atoms with van der Waals surface area (Å²) in [6, 6.07) is 7.62. The number of hydrogen-bond donors (Lipinski definition) is 1. The van der Waals surface area contributed by atoms with E-state index in [1.54, 1.807) is 11.3 Å². The van der Waals surface area contributed by atoms with Gasteiger partial charge in [-0.3, -0.25) is 4.79 Å². The van der Waals surface area contributed by atoms with E-state index >= 15 is 0 Å². The molecule has 4 nitrogen and oxygen atoms in total. The summed E-state index contributed by atoms with van der Waals surface area (Å²) in [6.07, 6.45) is 0.208. The van der Waals surface area contributed by atoms with Crippen LogP contribution in [0.5, 0.6) is 0 Å². The number of nitrogens with zero attached hydrogens (tertiary/aromatic N) is 1. The SMILES string of the molecule is Cc1oc(-c2cccs2)nc1CC(=O)NCc1ccc(Cl)s1. The fraction of sp³-hybridized carbons (Fsp3) is 0.200. The van der Waals surface area contributed by atoms with Crippen LogP contribution < -0.4 is 5.32 Å². The minimum atomic E-state index is -0.0846. The minimum absolute atomic E-state index is 0.0846. The first kappa shape index (κ1) is 15.3. The van der Waals surface area contributed by atoms with Gasteiger partial charge in [0.25, 0.3) is 0 Å². The molecule has 3 aromatic heterocycles. The largest absolute Gasteiger partial charge is 0.440 e. The van der Waals surface area contributed by atoms with Crippen molar-refractivity contribution >= 4 is 40.2 Å². The molecule has 0 atom stereocenters. The predicted molar refractivity (Wildman–Crippen MR) is 89.4 cm³/mol. The molecule has 22 heavy (non-hydrogen) atoms. The summed E-state index contributed by atoms with van der Waals surface area (Å²) >= 11 is 8.88. The van der Waals surface area contributed by atoms with Crippen LogP contribution in [0.3, 0.4) is 0 Å². The average molecular weight is 353 g/mol. The number of hydrogen-bond acceptors (Lipinski definition) is 5. The Morgan fingerprint density at radius 3 is 2.95 bits per heavy atom. The van der Waals surface area contributed by atoms with Crippen LogP contribution >= 0.6 is 34.3 Å². The number of carbonyl (C=O) groups excluding carboxylic acids is 1. The zero-order chi connectivity index (χ0) is 15.5. The summed E-state index contributed by atoms with van der Waals surface area (Å²) in [5, 5.41) is 4.83. The number of amides is 1. The molecule has 0 spiro atoms. The van der Waals surface area contributed by atoms with E-state index in [9.17, 15) is 4.79 Å². The minimum Gasteiger partial charge on any atom is -0.440 e. The molecule has 0 saturated heterocycles. The van der Waals surface area contributed by atoms with E-state index in [4.69, 9.17) is 16.0 Å². The molecule has 7 heteroatoms. The summed E-state index contributed by atoms with van der Waals surface area (Å²) in [7, 11) is 0. The Kier molecular flexibility index (Phi) is 4.61. The van der Waals surface area contributed by atoms with Gasteiger partial charge in [0.1, 0.15) is 5.76 Å². The zero-order valence-corrected chi connectivity index (χ0v) is 14.1. The standard InChI is InChI=1S/C15H13ClN2O2S2/c1-9-11(18-15(20-9)12-3-2-6-21-12)7-14(19)17-8-10-4-5-13(16)22-10/h2-6H,7-8H2,1H3,(H,17,19). The van der Waals surface area contributed by atoms with Crippen LogP contribution in [0, 0.1) is 6.92 Å². The summed E-state index contributed by atoms with van der Waals surface area (Å²) in [4.78, 5) is 18.4. The maximum Gasteiger partial charge on any atom is 0.236 e. The third-order valence-electron chi connectivity index (χ3n) is 3.04. The molecule has 0 bridgehead atoms. The van der Waals surface area contributed by atoms with Gasteiger partial charge in [-0.1, -0.05) is 17.7 Å². The summed E-state index contributed by atoms with van der Waals surface area (Å²) in [5.41, 5.74) is 0.671. The molecule has 1 amide bonds. The number of rotatable bonds is 5. The van der Waals surface area contributed by atoms with Gasteiger partial charge >= 0.3 is 0 Å². The molecule has 3 aromatic rings. The van der Waals surface area contributed by atoms with Gasteiger partial charge in [-0.15, -0.1) is 22.7 Å².